The predicted molar refractivity (Wildman–Crippen MR) is 66.1 cm³/mol. The molecule has 2 unspecified atom stereocenters. The molecule has 0 saturated heterocycles. The Balaban J connectivity index is 2.09. The van der Waals surface area contributed by atoms with Gasteiger partial charge in [0.1, 0.15) is 11.6 Å². The highest BCUT2D eigenvalue weighted by Gasteiger charge is 2.23. The van der Waals surface area contributed by atoms with E-state index in [1.165, 1.54) is 0 Å². The maximum absolute atomic E-state index is 9.85. The van der Waals surface area contributed by atoms with E-state index in [-0.39, 0.29) is 18.1 Å². The molecular weight excluding hydrogens is 220 g/mol. The number of hydrogen-bond donors (Lipinski definition) is 5. The SMILES string of the molecule is NNc1cc(NC2CCCCC2O)nc(N)n1. The van der Waals surface area contributed by atoms with Crippen LogP contribution in [-0.4, -0.2) is 27.2 Å². The Bertz CT molecular complexity index is 385. The Morgan fingerprint density at radius 2 is 1.94 bits per heavy atom. The van der Waals surface area contributed by atoms with E-state index in [0.29, 0.717) is 11.6 Å². The van der Waals surface area contributed by atoms with Crippen molar-refractivity contribution < 1.29 is 5.11 Å². The van der Waals surface area contributed by atoms with Crippen LogP contribution in [0.3, 0.4) is 0 Å². The molecule has 0 radical (unpaired) electrons. The highest BCUT2D eigenvalue weighted by atomic mass is 16.3. The van der Waals surface area contributed by atoms with Gasteiger partial charge in [-0.3, -0.25) is 0 Å². The van der Waals surface area contributed by atoms with E-state index >= 15 is 0 Å². The Hall–Kier alpha value is -1.60. The van der Waals surface area contributed by atoms with Crippen molar-refractivity contribution in [2.75, 3.05) is 16.5 Å². The maximum Gasteiger partial charge on any atom is 0.223 e. The van der Waals surface area contributed by atoms with Gasteiger partial charge in [-0.05, 0) is 12.8 Å². The van der Waals surface area contributed by atoms with Crippen LogP contribution >= 0.6 is 0 Å². The normalized spacial score (nSPS) is 24.4. The topological polar surface area (TPSA) is 122 Å². The molecule has 1 heterocycles. The minimum absolute atomic E-state index is 0.0173. The van der Waals surface area contributed by atoms with Gasteiger partial charge >= 0.3 is 0 Å². The number of rotatable bonds is 3. The van der Waals surface area contributed by atoms with Crippen LogP contribution in [0.4, 0.5) is 17.6 Å². The summed E-state index contributed by atoms with van der Waals surface area (Å²) in [5.41, 5.74) is 7.98. The lowest BCUT2D eigenvalue weighted by atomic mass is 9.93. The monoisotopic (exact) mass is 238 g/mol. The fourth-order valence-corrected chi connectivity index (χ4v) is 2.08. The van der Waals surface area contributed by atoms with Gasteiger partial charge in [0.05, 0.1) is 12.1 Å². The first-order chi connectivity index (χ1) is 8.19. The van der Waals surface area contributed by atoms with Crippen molar-refractivity contribution >= 4 is 17.6 Å². The molecule has 2 rings (SSSR count). The zero-order valence-electron chi connectivity index (χ0n) is 9.56. The molecule has 0 aliphatic heterocycles. The molecule has 7 N–H and O–H groups in total. The number of nitrogens with zero attached hydrogens (tertiary/aromatic N) is 2. The number of nitrogens with one attached hydrogen (secondary N) is 2. The summed E-state index contributed by atoms with van der Waals surface area (Å²) in [5.74, 6) is 6.45. The van der Waals surface area contributed by atoms with Crippen molar-refractivity contribution in [2.24, 2.45) is 5.84 Å². The molecule has 1 aliphatic carbocycles. The molecule has 17 heavy (non-hydrogen) atoms. The molecule has 1 saturated carbocycles. The van der Waals surface area contributed by atoms with Gasteiger partial charge in [-0.1, -0.05) is 12.8 Å². The van der Waals surface area contributed by atoms with E-state index in [9.17, 15) is 5.11 Å². The Labute approximate surface area is 99.6 Å². The second-order valence-electron chi connectivity index (χ2n) is 4.24. The highest BCUT2D eigenvalue weighted by Crippen LogP contribution is 2.22. The van der Waals surface area contributed by atoms with Crippen molar-refractivity contribution in [3.05, 3.63) is 6.07 Å². The summed E-state index contributed by atoms with van der Waals surface area (Å²) in [4.78, 5) is 7.95. The van der Waals surface area contributed by atoms with Crippen LogP contribution in [0.25, 0.3) is 0 Å². The van der Waals surface area contributed by atoms with Gasteiger partial charge in [-0.15, -0.1) is 0 Å². The van der Waals surface area contributed by atoms with Gasteiger partial charge in [-0.2, -0.15) is 9.97 Å². The minimum atomic E-state index is -0.339. The first kappa shape index (κ1) is 11.9. The van der Waals surface area contributed by atoms with Crippen LogP contribution in [-0.2, 0) is 0 Å². The average molecular weight is 238 g/mol. The van der Waals surface area contributed by atoms with E-state index < -0.39 is 0 Å². The highest BCUT2D eigenvalue weighted by molar-refractivity contribution is 5.50. The summed E-state index contributed by atoms with van der Waals surface area (Å²) in [6.45, 7) is 0. The molecular formula is C10H18N6O. The number of hydrazine groups is 1. The molecule has 0 spiro atoms. The Morgan fingerprint density at radius 1 is 1.24 bits per heavy atom. The maximum atomic E-state index is 9.85. The largest absolute Gasteiger partial charge is 0.391 e. The van der Waals surface area contributed by atoms with Crippen LogP contribution in [0.15, 0.2) is 6.07 Å². The van der Waals surface area contributed by atoms with Crippen molar-refractivity contribution in [1.29, 1.82) is 0 Å². The first-order valence-corrected chi connectivity index (χ1v) is 5.75. The second kappa shape index (κ2) is 5.15. The van der Waals surface area contributed by atoms with Crippen molar-refractivity contribution in [3.8, 4) is 0 Å². The molecule has 1 aromatic rings. The van der Waals surface area contributed by atoms with Gasteiger partial charge in [-0.25, -0.2) is 5.84 Å². The van der Waals surface area contributed by atoms with Crippen LogP contribution in [0.5, 0.6) is 0 Å². The zero-order chi connectivity index (χ0) is 12.3. The zero-order valence-corrected chi connectivity index (χ0v) is 9.56. The number of aliphatic hydroxyl groups excluding tert-OH is 1. The summed E-state index contributed by atoms with van der Waals surface area (Å²) in [6, 6.07) is 1.68. The number of nitrogens with two attached hydrogens (primary N) is 2. The van der Waals surface area contributed by atoms with Crippen LogP contribution in [0.2, 0.25) is 0 Å². The second-order valence-corrected chi connectivity index (χ2v) is 4.24. The summed E-state index contributed by atoms with van der Waals surface area (Å²) in [7, 11) is 0. The van der Waals surface area contributed by atoms with Gasteiger partial charge in [0.2, 0.25) is 5.95 Å². The Morgan fingerprint density at radius 3 is 2.65 bits per heavy atom. The number of aromatic nitrogens is 2. The molecule has 0 aromatic carbocycles. The van der Waals surface area contributed by atoms with Crippen LogP contribution in [0, 0.1) is 0 Å². The molecule has 7 heteroatoms. The molecule has 7 nitrogen and oxygen atoms in total. The van der Waals surface area contributed by atoms with E-state index in [4.69, 9.17) is 11.6 Å². The van der Waals surface area contributed by atoms with Crippen LogP contribution < -0.4 is 22.3 Å². The van der Waals surface area contributed by atoms with E-state index in [1.807, 2.05) is 0 Å². The summed E-state index contributed by atoms with van der Waals surface area (Å²) in [5, 5.41) is 13.0. The number of hydrogen-bond acceptors (Lipinski definition) is 7. The first-order valence-electron chi connectivity index (χ1n) is 5.75. The molecule has 94 valence electrons. The van der Waals surface area contributed by atoms with E-state index in [0.717, 1.165) is 25.7 Å². The Kier molecular flexibility index (Phi) is 3.60. The van der Waals surface area contributed by atoms with Crippen molar-refractivity contribution in [3.63, 3.8) is 0 Å². The van der Waals surface area contributed by atoms with Crippen molar-refractivity contribution in [1.82, 2.24) is 9.97 Å². The molecule has 1 fully saturated rings. The minimum Gasteiger partial charge on any atom is -0.391 e. The number of aliphatic hydroxyl groups is 1. The van der Waals surface area contributed by atoms with Gasteiger partial charge in [0, 0.05) is 6.07 Å². The van der Waals surface area contributed by atoms with Crippen LogP contribution in [0.1, 0.15) is 25.7 Å². The van der Waals surface area contributed by atoms with Gasteiger partial charge < -0.3 is 21.6 Å². The van der Waals surface area contributed by atoms with Gasteiger partial charge in [0.15, 0.2) is 0 Å². The molecule has 1 aliphatic rings. The molecule has 2 atom stereocenters. The third kappa shape index (κ3) is 2.95. The van der Waals surface area contributed by atoms with E-state index in [2.05, 4.69) is 20.7 Å². The lowest BCUT2D eigenvalue weighted by Gasteiger charge is -2.28. The van der Waals surface area contributed by atoms with Gasteiger partial charge in [0.25, 0.3) is 0 Å². The quantitative estimate of drug-likeness (QED) is 0.373. The third-order valence-corrected chi connectivity index (χ3v) is 2.95. The molecule has 0 bridgehead atoms. The standard InChI is InChI=1S/C10H18N6O/c11-10-14-8(5-9(15-10)16-12)13-6-3-1-2-4-7(6)17/h5-7,17H,1-4,12H2,(H4,11,13,14,15,16). The molecule has 1 aromatic heterocycles. The van der Waals surface area contributed by atoms with Crippen molar-refractivity contribution in [2.45, 2.75) is 37.8 Å². The van der Waals surface area contributed by atoms with E-state index in [1.54, 1.807) is 6.07 Å². The summed E-state index contributed by atoms with van der Waals surface area (Å²) in [6.07, 6.45) is 3.59. The third-order valence-electron chi connectivity index (χ3n) is 2.95. The fourth-order valence-electron chi connectivity index (χ4n) is 2.08. The number of anilines is 3. The summed E-state index contributed by atoms with van der Waals surface area (Å²) >= 11 is 0. The summed E-state index contributed by atoms with van der Waals surface area (Å²) < 4.78 is 0. The fraction of sp³-hybridized carbons (Fsp3) is 0.600. The molecule has 0 amide bonds. The smallest absolute Gasteiger partial charge is 0.223 e. The lowest BCUT2D eigenvalue weighted by Crippen LogP contribution is -2.36. The predicted octanol–water partition coefficient (Wildman–Crippen LogP) is 0.0598. The average Bonchev–Trinajstić information content (AvgIpc) is 2.31. The number of nitrogen functional groups attached to an aromatic ring is 2. The lowest BCUT2D eigenvalue weighted by molar-refractivity contribution is 0.116.